The molecule has 1 heterocycles. The van der Waals surface area contributed by atoms with Gasteiger partial charge in [-0.1, -0.05) is 6.07 Å². The highest BCUT2D eigenvalue weighted by atomic mass is 35.5. The Bertz CT molecular complexity index is 468. The summed E-state index contributed by atoms with van der Waals surface area (Å²) in [7, 11) is 0. The molecule has 0 saturated carbocycles. The molecule has 1 saturated heterocycles. The van der Waals surface area contributed by atoms with Crippen LogP contribution in [0.25, 0.3) is 0 Å². The summed E-state index contributed by atoms with van der Waals surface area (Å²) in [5.41, 5.74) is -0.169. The molecule has 1 aromatic carbocycles. The van der Waals surface area contributed by atoms with E-state index in [9.17, 15) is 19.3 Å². The quantitative estimate of drug-likeness (QED) is 0.652. The van der Waals surface area contributed by atoms with Crippen molar-refractivity contribution >= 4 is 24.2 Å². The van der Waals surface area contributed by atoms with Gasteiger partial charge in [0.2, 0.25) is 5.82 Å². The number of ether oxygens (including phenoxy) is 1. The lowest BCUT2D eigenvalue weighted by Gasteiger charge is -2.06. The Balaban J connectivity index is 0.00000144. The first-order chi connectivity index (χ1) is 7.58. The minimum Gasteiger partial charge on any atom is -0.447 e. The number of carbonyl (C=O) groups is 1. The highest BCUT2D eigenvalue weighted by Crippen LogP contribution is 2.24. The number of hydrogen-bond acceptors (Lipinski definition) is 4. The van der Waals surface area contributed by atoms with Crippen LogP contribution in [0, 0.1) is 15.9 Å². The van der Waals surface area contributed by atoms with E-state index >= 15 is 0 Å². The van der Waals surface area contributed by atoms with Crippen molar-refractivity contribution in [3.05, 3.63) is 39.7 Å². The Labute approximate surface area is 101 Å². The Morgan fingerprint density at radius 3 is 2.76 bits per heavy atom. The van der Waals surface area contributed by atoms with Crippen molar-refractivity contribution < 1.29 is 18.8 Å². The smallest absolute Gasteiger partial charge is 0.407 e. The van der Waals surface area contributed by atoms with Gasteiger partial charge in [-0.3, -0.25) is 10.1 Å². The van der Waals surface area contributed by atoms with E-state index in [-0.39, 0.29) is 19.0 Å². The number of nitrogens with zero attached hydrogens (tertiary/aromatic N) is 1. The zero-order valence-electron chi connectivity index (χ0n) is 8.38. The maximum absolute atomic E-state index is 13.0. The summed E-state index contributed by atoms with van der Waals surface area (Å²) in [6, 6.07) is 3.00. The van der Waals surface area contributed by atoms with Crippen LogP contribution in [0.1, 0.15) is 11.6 Å². The molecule has 0 unspecified atom stereocenters. The minimum atomic E-state index is -0.904. The first kappa shape index (κ1) is 13.2. The normalized spacial score (nSPS) is 17.9. The van der Waals surface area contributed by atoms with Crippen LogP contribution in [0.5, 0.6) is 0 Å². The lowest BCUT2D eigenvalue weighted by molar-refractivity contribution is -0.387. The molecule has 1 amide bonds. The van der Waals surface area contributed by atoms with Crippen molar-refractivity contribution in [3.63, 3.8) is 0 Å². The number of halogens is 2. The zero-order valence-corrected chi connectivity index (χ0v) is 9.20. The molecule has 92 valence electrons. The molecule has 2 rings (SSSR count). The van der Waals surface area contributed by atoms with Gasteiger partial charge >= 0.3 is 11.8 Å². The molecule has 1 aromatic rings. The third-order valence-corrected chi connectivity index (χ3v) is 2.24. The van der Waals surface area contributed by atoms with Gasteiger partial charge < -0.3 is 10.1 Å². The Morgan fingerprint density at radius 2 is 2.24 bits per heavy atom. The van der Waals surface area contributed by atoms with Crippen molar-refractivity contribution in [1.29, 1.82) is 0 Å². The average molecular weight is 263 g/mol. The van der Waals surface area contributed by atoms with E-state index in [1.165, 1.54) is 6.07 Å². The second-order valence-corrected chi connectivity index (χ2v) is 3.26. The van der Waals surface area contributed by atoms with Crippen molar-refractivity contribution in [1.82, 2.24) is 5.32 Å². The predicted molar refractivity (Wildman–Crippen MR) is 57.5 cm³/mol. The fraction of sp³-hybridized carbons (Fsp3) is 0.222. The third kappa shape index (κ3) is 2.62. The third-order valence-electron chi connectivity index (χ3n) is 2.24. The molecule has 1 fully saturated rings. The largest absolute Gasteiger partial charge is 0.447 e. The molecule has 1 atom stereocenters. The van der Waals surface area contributed by atoms with Gasteiger partial charge in [0.1, 0.15) is 6.61 Å². The van der Waals surface area contributed by atoms with E-state index in [4.69, 9.17) is 0 Å². The van der Waals surface area contributed by atoms with Crippen LogP contribution < -0.4 is 5.32 Å². The molecule has 1 aliphatic heterocycles. The SMILES string of the molecule is Cl.O=C1N[C@@H](c2ccc(F)c([N+](=O)[O-])c2)CO1. The van der Waals surface area contributed by atoms with Gasteiger partial charge in [-0.05, 0) is 11.6 Å². The van der Waals surface area contributed by atoms with Crippen LogP contribution in [0.15, 0.2) is 18.2 Å². The van der Waals surface area contributed by atoms with Crippen LogP contribution >= 0.6 is 12.4 Å². The minimum absolute atomic E-state index is 0. The second-order valence-electron chi connectivity index (χ2n) is 3.26. The summed E-state index contributed by atoms with van der Waals surface area (Å²) in [4.78, 5) is 20.5. The molecule has 0 spiro atoms. The van der Waals surface area contributed by atoms with Crippen LogP contribution in [0.3, 0.4) is 0 Å². The highest BCUT2D eigenvalue weighted by Gasteiger charge is 2.26. The molecule has 0 radical (unpaired) electrons. The fourth-order valence-electron chi connectivity index (χ4n) is 1.45. The van der Waals surface area contributed by atoms with E-state index < -0.39 is 28.6 Å². The summed E-state index contributed by atoms with van der Waals surface area (Å²) in [5, 5.41) is 12.9. The standard InChI is InChI=1S/C9H7FN2O4.ClH/c10-6-2-1-5(3-8(6)12(14)15)7-4-16-9(13)11-7;/h1-3,7H,4H2,(H,11,13);1H/t7-;/m1./s1. The Kier molecular flexibility index (Phi) is 3.84. The molecular weight excluding hydrogens is 255 g/mol. The van der Waals surface area contributed by atoms with Crippen LogP contribution in [0.4, 0.5) is 14.9 Å². The molecule has 1 N–H and O–H groups in total. The van der Waals surface area contributed by atoms with Gasteiger partial charge in [-0.15, -0.1) is 12.4 Å². The van der Waals surface area contributed by atoms with E-state index in [0.29, 0.717) is 5.56 Å². The maximum Gasteiger partial charge on any atom is 0.407 e. The lowest BCUT2D eigenvalue weighted by atomic mass is 10.1. The van der Waals surface area contributed by atoms with Gasteiger partial charge in [0.05, 0.1) is 11.0 Å². The van der Waals surface area contributed by atoms with Crippen molar-refractivity contribution in [2.75, 3.05) is 6.61 Å². The molecule has 0 aromatic heterocycles. The number of benzene rings is 1. The first-order valence-electron chi connectivity index (χ1n) is 4.45. The monoisotopic (exact) mass is 262 g/mol. The summed E-state index contributed by atoms with van der Waals surface area (Å²) < 4.78 is 17.7. The molecule has 17 heavy (non-hydrogen) atoms. The Morgan fingerprint density at radius 1 is 1.53 bits per heavy atom. The zero-order chi connectivity index (χ0) is 11.7. The van der Waals surface area contributed by atoms with Crippen molar-refractivity contribution in [2.24, 2.45) is 0 Å². The topological polar surface area (TPSA) is 81.5 Å². The summed E-state index contributed by atoms with van der Waals surface area (Å²) in [6.07, 6.45) is -0.586. The van der Waals surface area contributed by atoms with E-state index in [0.717, 1.165) is 12.1 Å². The van der Waals surface area contributed by atoms with Gasteiger partial charge in [0.25, 0.3) is 0 Å². The highest BCUT2D eigenvalue weighted by molar-refractivity contribution is 5.85. The fourth-order valence-corrected chi connectivity index (χ4v) is 1.45. The Hall–Kier alpha value is -1.89. The molecule has 0 bridgehead atoms. The number of carbonyl (C=O) groups excluding carboxylic acids is 1. The van der Waals surface area contributed by atoms with Crippen LogP contribution in [0.2, 0.25) is 0 Å². The number of cyclic esters (lactones) is 1. The molecule has 1 aliphatic rings. The average Bonchev–Trinajstić information content (AvgIpc) is 2.65. The first-order valence-corrected chi connectivity index (χ1v) is 4.45. The van der Waals surface area contributed by atoms with Crippen molar-refractivity contribution in [3.8, 4) is 0 Å². The number of nitro groups is 1. The second kappa shape index (κ2) is 4.96. The van der Waals surface area contributed by atoms with Gasteiger partial charge in [-0.2, -0.15) is 4.39 Å². The molecular formula is C9H8ClFN2O4. The number of amides is 1. The number of nitrogens with one attached hydrogen (secondary N) is 1. The number of rotatable bonds is 2. The molecule has 8 heteroatoms. The van der Waals surface area contributed by atoms with Gasteiger partial charge in [0.15, 0.2) is 0 Å². The molecule has 6 nitrogen and oxygen atoms in total. The molecule has 0 aliphatic carbocycles. The summed E-state index contributed by atoms with van der Waals surface area (Å²) >= 11 is 0. The predicted octanol–water partition coefficient (Wildman–Crippen LogP) is 1.94. The van der Waals surface area contributed by atoms with Crippen LogP contribution in [-0.2, 0) is 4.74 Å². The number of nitro benzene ring substituents is 1. The van der Waals surface area contributed by atoms with E-state index in [1.807, 2.05) is 0 Å². The maximum atomic E-state index is 13.0. The van der Waals surface area contributed by atoms with E-state index in [2.05, 4.69) is 10.1 Å². The summed E-state index contributed by atoms with van der Waals surface area (Å²) in [5.74, 6) is -0.904. The van der Waals surface area contributed by atoms with Crippen LogP contribution in [-0.4, -0.2) is 17.6 Å². The van der Waals surface area contributed by atoms with Gasteiger partial charge in [0, 0.05) is 6.07 Å². The number of hydrogen-bond donors (Lipinski definition) is 1. The lowest BCUT2D eigenvalue weighted by Crippen LogP contribution is -2.18. The summed E-state index contributed by atoms with van der Waals surface area (Å²) in [6.45, 7) is 0.0849. The van der Waals surface area contributed by atoms with E-state index in [1.54, 1.807) is 0 Å². The van der Waals surface area contributed by atoms with Crippen molar-refractivity contribution in [2.45, 2.75) is 6.04 Å². The van der Waals surface area contributed by atoms with Gasteiger partial charge in [-0.25, -0.2) is 4.79 Å². The number of alkyl carbamates (subject to hydrolysis) is 1.